The molecule has 0 aliphatic carbocycles. The lowest BCUT2D eigenvalue weighted by Crippen LogP contribution is -2.34. The van der Waals surface area contributed by atoms with Crippen LogP contribution in [0.4, 0.5) is 0 Å². The Labute approximate surface area is 149 Å². The van der Waals surface area contributed by atoms with Crippen molar-refractivity contribution in [2.75, 3.05) is 6.54 Å². The van der Waals surface area contributed by atoms with Crippen LogP contribution < -0.4 is 10.6 Å². The van der Waals surface area contributed by atoms with Crippen molar-refractivity contribution in [3.63, 3.8) is 0 Å². The summed E-state index contributed by atoms with van der Waals surface area (Å²) < 4.78 is 0.792. The highest BCUT2D eigenvalue weighted by Crippen LogP contribution is 2.12. The van der Waals surface area contributed by atoms with E-state index >= 15 is 0 Å². The Balaban J connectivity index is 2.25. The van der Waals surface area contributed by atoms with Crippen LogP contribution in [0.1, 0.15) is 15.9 Å². The Morgan fingerprint density at radius 2 is 1.83 bits per heavy atom. The van der Waals surface area contributed by atoms with Crippen LogP contribution in [-0.2, 0) is 4.79 Å². The topological polar surface area (TPSA) is 58.2 Å². The SMILES string of the molecule is C=CCNC(=O)C(=Cc1ccccc1)NC(=O)c1cccc(Br)c1. The molecule has 2 aromatic rings. The molecule has 5 heteroatoms. The van der Waals surface area contributed by atoms with Gasteiger partial charge in [0.2, 0.25) is 0 Å². The van der Waals surface area contributed by atoms with Gasteiger partial charge < -0.3 is 10.6 Å². The number of amides is 2. The average molecular weight is 385 g/mol. The maximum Gasteiger partial charge on any atom is 0.268 e. The zero-order chi connectivity index (χ0) is 17.4. The molecule has 2 rings (SSSR count). The van der Waals surface area contributed by atoms with Crippen LogP contribution in [-0.4, -0.2) is 18.4 Å². The Morgan fingerprint density at radius 3 is 2.50 bits per heavy atom. The second kappa shape index (κ2) is 8.84. The molecule has 0 bridgehead atoms. The second-order valence-corrected chi connectivity index (χ2v) is 5.85. The van der Waals surface area contributed by atoms with Crippen molar-refractivity contribution in [3.8, 4) is 0 Å². The van der Waals surface area contributed by atoms with Crippen molar-refractivity contribution >= 4 is 33.8 Å². The molecule has 0 aliphatic rings. The van der Waals surface area contributed by atoms with E-state index in [1.165, 1.54) is 0 Å². The van der Waals surface area contributed by atoms with Gasteiger partial charge in [-0.3, -0.25) is 9.59 Å². The van der Waals surface area contributed by atoms with Gasteiger partial charge in [-0.25, -0.2) is 0 Å². The van der Waals surface area contributed by atoms with Crippen molar-refractivity contribution in [1.82, 2.24) is 10.6 Å². The molecule has 0 radical (unpaired) electrons. The minimum atomic E-state index is -0.373. The van der Waals surface area contributed by atoms with Gasteiger partial charge in [-0.05, 0) is 29.8 Å². The Hall–Kier alpha value is -2.66. The minimum Gasteiger partial charge on any atom is -0.347 e. The third-order valence-corrected chi connectivity index (χ3v) is 3.59. The normalized spacial score (nSPS) is 10.8. The van der Waals surface area contributed by atoms with Crippen LogP contribution >= 0.6 is 15.9 Å². The summed E-state index contributed by atoms with van der Waals surface area (Å²) in [5, 5.41) is 5.34. The molecule has 4 nitrogen and oxygen atoms in total. The molecule has 2 N–H and O–H groups in total. The molecular formula is C19H17BrN2O2. The summed E-state index contributed by atoms with van der Waals surface area (Å²) in [5.41, 5.74) is 1.45. The first-order valence-electron chi connectivity index (χ1n) is 7.33. The molecule has 0 unspecified atom stereocenters. The third-order valence-electron chi connectivity index (χ3n) is 3.10. The third kappa shape index (κ3) is 5.21. The van der Waals surface area contributed by atoms with Crippen LogP contribution in [0.15, 0.2) is 77.4 Å². The fourth-order valence-electron chi connectivity index (χ4n) is 1.96. The number of benzene rings is 2. The quantitative estimate of drug-likeness (QED) is 0.591. The van der Waals surface area contributed by atoms with Gasteiger partial charge in [0.15, 0.2) is 0 Å². The van der Waals surface area contributed by atoms with E-state index < -0.39 is 0 Å². The number of carbonyl (C=O) groups excluding carboxylic acids is 2. The molecule has 24 heavy (non-hydrogen) atoms. The monoisotopic (exact) mass is 384 g/mol. The lowest BCUT2D eigenvalue weighted by atomic mass is 10.1. The summed E-state index contributed by atoms with van der Waals surface area (Å²) >= 11 is 3.33. The van der Waals surface area contributed by atoms with E-state index in [9.17, 15) is 9.59 Å². The molecule has 0 spiro atoms. The number of halogens is 1. The van der Waals surface area contributed by atoms with Crippen molar-refractivity contribution in [2.24, 2.45) is 0 Å². The van der Waals surface area contributed by atoms with Crippen LogP contribution in [0.5, 0.6) is 0 Å². The predicted molar refractivity (Wildman–Crippen MR) is 99.2 cm³/mol. The lowest BCUT2D eigenvalue weighted by Gasteiger charge is -2.10. The summed E-state index contributed by atoms with van der Waals surface area (Å²) in [6.07, 6.45) is 3.21. The summed E-state index contributed by atoms with van der Waals surface area (Å²) in [7, 11) is 0. The summed E-state index contributed by atoms with van der Waals surface area (Å²) in [6, 6.07) is 16.3. The van der Waals surface area contributed by atoms with Gasteiger partial charge in [-0.2, -0.15) is 0 Å². The Kier molecular flexibility index (Phi) is 6.51. The molecule has 0 heterocycles. The van der Waals surface area contributed by atoms with E-state index in [1.807, 2.05) is 36.4 Å². The van der Waals surface area contributed by atoms with E-state index in [2.05, 4.69) is 33.1 Å². The molecule has 0 saturated heterocycles. The first-order valence-corrected chi connectivity index (χ1v) is 8.12. The molecule has 0 aromatic heterocycles. The van der Waals surface area contributed by atoms with Gasteiger partial charge in [0.25, 0.3) is 11.8 Å². The van der Waals surface area contributed by atoms with Gasteiger partial charge in [0.1, 0.15) is 5.70 Å². The zero-order valence-electron chi connectivity index (χ0n) is 13.0. The molecule has 122 valence electrons. The van der Waals surface area contributed by atoms with Crippen molar-refractivity contribution in [1.29, 1.82) is 0 Å². The van der Waals surface area contributed by atoms with Crippen LogP contribution in [0.3, 0.4) is 0 Å². The standard InChI is InChI=1S/C19H17BrN2O2/c1-2-11-21-19(24)17(12-14-7-4-3-5-8-14)22-18(23)15-9-6-10-16(20)13-15/h2-10,12-13H,1,11H2,(H,21,24)(H,22,23). The number of carbonyl (C=O) groups is 2. The van der Waals surface area contributed by atoms with Crippen LogP contribution in [0.25, 0.3) is 6.08 Å². The zero-order valence-corrected chi connectivity index (χ0v) is 14.5. The van der Waals surface area contributed by atoms with E-state index in [0.717, 1.165) is 10.0 Å². The highest BCUT2D eigenvalue weighted by molar-refractivity contribution is 9.10. The number of rotatable bonds is 6. The second-order valence-electron chi connectivity index (χ2n) is 4.93. The average Bonchev–Trinajstić information content (AvgIpc) is 2.60. The highest BCUT2D eigenvalue weighted by atomic mass is 79.9. The van der Waals surface area contributed by atoms with Crippen LogP contribution in [0, 0.1) is 0 Å². The summed E-state index contributed by atoms with van der Waals surface area (Å²) in [4.78, 5) is 24.7. The highest BCUT2D eigenvalue weighted by Gasteiger charge is 2.14. The van der Waals surface area contributed by atoms with Gasteiger partial charge in [-0.15, -0.1) is 6.58 Å². The van der Waals surface area contributed by atoms with E-state index in [1.54, 1.807) is 30.4 Å². The van der Waals surface area contributed by atoms with Gasteiger partial charge >= 0.3 is 0 Å². The molecule has 2 amide bonds. The molecule has 0 atom stereocenters. The van der Waals surface area contributed by atoms with Gasteiger partial charge in [0.05, 0.1) is 0 Å². The van der Waals surface area contributed by atoms with Crippen molar-refractivity contribution < 1.29 is 9.59 Å². The number of hydrogen-bond acceptors (Lipinski definition) is 2. The van der Waals surface area contributed by atoms with Crippen molar-refractivity contribution in [2.45, 2.75) is 0 Å². The lowest BCUT2D eigenvalue weighted by molar-refractivity contribution is -0.117. The first kappa shape index (κ1) is 17.7. The fourth-order valence-corrected chi connectivity index (χ4v) is 2.36. The molecule has 2 aromatic carbocycles. The fraction of sp³-hybridized carbons (Fsp3) is 0.0526. The maximum atomic E-state index is 12.4. The number of hydrogen-bond donors (Lipinski definition) is 2. The Bertz CT molecular complexity index is 770. The number of nitrogens with one attached hydrogen (secondary N) is 2. The van der Waals surface area contributed by atoms with E-state index in [0.29, 0.717) is 12.1 Å². The molecule has 0 saturated carbocycles. The predicted octanol–water partition coefficient (Wildman–Crippen LogP) is 3.52. The minimum absolute atomic E-state index is 0.174. The summed E-state index contributed by atoms with van der Waals surface area (Å²) in [5.74, 6) is -0.727. The van der Waals surface area contributed by atoms with E-state index in [-0.39, 0.29) is 17.5 Å². The van der Waals surface area contributed by atoms with Gasteiger partial charge in [-0.1, -0.05) is 58.4 Å². The molecule has 0 fully saturated rings. The van der Waals surface area contributed by atoms with E-state index in [4.69, 9.17) is 0 Å². The molecular weight excluding hydrogens is 368 g/mol. The first-order chi connectivity index (χ1) is 11.6. The largest absolute Gasteiger partial charge is 0.347 e. The maximum absolute atomic E-state index is 12.4. The summed E-state index contributed by atoms with van der Waals surface area (Å²) in [6.45, 7) is 3.88. The Morgan fingerprint density at radius 1 is 1.08 bits per heavy atom. The van der Waals surface area contributed by atoms with Crippen molar-refractivity contribution in [3.05, 3.63) is 88.5 Å². The van der Waals surface area contributed by atoms with Gasteiger partial charge in [0, 0.05) is 16.6 Å². The smallest absolute Gasteiger partial charge is 0.268 e. The molecule has 0 aliphatic heterocycles. The van der Waals surface area contributed by atoms with Crippen LogP contribution in [0.2, 0.25) is 0 Å².